The highest BCUT2D eigenvalue weighted by atomic mass is 79.9. The van der Waals surface area contributed by atoms with Gasteiger partial charge in [0.1, 0.15) is 5.75 Å². The fourth-order valence-electron chi connectivity index (χ4n) is 1.75. The Kier molecular flexibility index (Phi) is 3.49. The van der Waals surface area contributed by atoms with Gasteiger partial charge in [-0.15, -0.1) is 0 Å². The molecule has 0 saturated carbocycles. The number of nitrogens with one attached hydrogen (secondary N) is 1. The largest absolute Gasteiger partial charge is 0.496 e. The topological polar surface area (TPSA) is 63.9 Å². The van der Waals surface area contributed by atoms with E-state index in [4.69, 9.17) is 10.5 Å². The fourth-order valence-corrected chi connectivity index (χ4v) is 2.30. The van der Waals surface area contributed by atoms with Crippen molar-refractivity contribution >= 4 is 15.9 Å². The first-order valence-electron chi connectivity index (χ1n) is 5.25. The van der Waals surface area contributed by atoms with Crippen LogP contribution in [-0.2, 0) is 6.54 Å². The Morgan fingerprint density at radius 3 is 2.82 bits per heavy atom. The summed E-state index contributed by atoms with van der Waals surface area (Å²) in [6, 6.07) is 5.86. The number of nitrogens with two attached hydrogens (primary N) is 1. The van der Waals surface area contributed by atoms with Crippen LogP contribution >= 0.6 is 15.9 Å². The molecular formula is C12H14BrN3O. The van der Waals surface area contributed by atoms with Gasteiger partial charge in [-0.25, -0.2) is 0 Å². The van der Waals surface area contributed by atoms with Crippen molar-refractivity contribution in [3.63, 3.8) is 0 Å². The minimum atomic E-state index is 0.474. The van der Waals surface area contributed by atoms with Gasteiger partial charge in [0, 0.05) is 23.4 Å². The number of H-pyrrole nitrogens is 1. The molecule has 17 heavy (non-hydrogen) atoms. The van der Waals surface area contributed by atoms with Gasteiger partial charge in [0.25, 0.3) is 0 Å². The minimum absolute atomic E-state index is 0.474. The van der Waals surface area contributed by atoms with Crippen LogP contribution in [0.5, 0.6) is 5.75 Å². The van der Waals surface area contributed by atoms with Crippen molar-refractivity contribution in [1.29, 1.82) is 0 Å². The molecular weight excluding hydrogens is 282 g/mol. The van der Waals surface area contributed by atoms with Crippen molar-refractivity contribution < 1.29 is 4.74 Å². The lowest BCUT2D eigenvalue weighted by Gasteiger charge is -2.06. The summed E-state index contributed by atoms with van der Waals surface area (Å²) in [5.41, 5.74) is 9.70. The molecule has 4 nitrogen and oxygen atoms in total. The Balaban J connectivity index is 2.49. The normalized spacial score (nSPS) is 10.6. The van der Waals surface area contributed by atoms with Gasteiger partial charge >= 0.3 is 0 Å². The van der Waals surface area contributed by atoms with Crippen LogP contribution in [0.3, 0.4) is 0 Å². The van der Waals surface area contributed by atoms with E-state index in [1.54, 1.807) is 7.11 Å². The molecule has 0 aliphatic carbocycles. The number of nitrogens with zero attached hydrogens (tertiary/aromatic N) is 1. The molecule has 5 heteroatoms. The third kappa shape index (κ3) is 2.21. The summed E-state index contributed by atoms with van der Waals surface area (Å²) >= 11 is 3.46. The molecule has 0 saturated heterocycles. The zero-order chi connectivity index (χ0) is 12.4. The number of aromatic nitrogens is 2. The van der Waals surface area contributed by atoms with Crippen molar-refractivity contribution in [3.05, 3.63) is 33.9 Å². The van der Waals surface area contributed by atoms with Gasteiger partial charge in [0.15, 0.2) is 0 Å². The SMILES string of the molecule is COc1ccc(-c2n[nH]c(C)c2CN)cc1Br. The molecule has 0 atom stereocenters. The van der Waals surface area contributed by atoms with Gasteiger partial charge in [-0.2, -0.15) is 5.10 Å². The molecule has 0 bridgehead atoms. The first-order chi connectivity index (χ1) is 8.17. The van der Waals surface area contributed by atoms with Crippen LogP contribution in [0, 0.1) is 6.92 Å². The standard InChI is InChI=1S/C12H14BrN3O/c1-7-9(6-14)12(16-15-7)8-3-4-11(17-2)10(13)5-8/h3-5H,6,14H2,1-2H3,(H,15,16). The summed E-state index contributed by atoms with van der Waals surface area (Å²) in [5.74, 6) is 0.801. The highest BCUT2D eigenvalue weighted by molar-refractivity contribution is 9.10. The van der Waals surface area contributed by atoms with Gasteiger partial charge in [-0.05, 0) is 41.1 Å². The molecule has 2 aromatic rings. The molecule has 1 aromatic carbocycles. The Morgan fingerprint density at radius 2 is 2.24 bits per heavy atom. The van der Waals surface area contributed by atoms with Gasteiger partial charge in [0.2, 0.25) is 0 Å². The van der Waals surface area contributed by atoms with E-state index < -0.39 is 0 Å². The summed E-state index contributed by atoms with van der Waals surface area (Å²) in [5, 5.41) is 7.24. The lowest BCUT2D eigenvalue weighted by Crippen LogP contribution is -1.99. The number of ether oxygens (including phenoxy) is 1. The van der Waals surface area contributed by atoms with Crippen LogP contribution in [0.2, 0.25) is 0 Å². The van der Waals surface area contributed by atoms with Crippen molar-refractivity contribution in [2.45, 2.75) is 13.5 Å². The number of benzene rings is 1. The van der Waals surface area contributed by atoms with E-state index in [1.165, 1.54) is 0 Å². The van der Waals surface area contributed by atoms with Crippen molar-refractivity contribution in [2.75, 3.05) is 7.11 Å². The Hall–Kier alpha value is -1.33. The van der Waals surface area contributed by atoms with Gasteiger partial charge in [0.05, 0.1) is 17.3 Å². The number of rotatable bonds is 3. The van der Waals surface area contributed by atoms with Gasteiger partial charge in [-0.3, -0.25) is 5.10 Å². The zero-order valence-electron chi connectivity index (χ0n) is 9.75. The number of aromatic amines is 1. The van der Waals surface area contributed by atoms with E-state index in [2.05, 4.69) is 26.1 Å². The van der Waals surface area contributed by atoms with Crippen LogP contribution < -0.4 is 10.5 Å². The number of aryl methyl sites for hydroxylation is 1. The minimum Gasteiger partial charge on any atom is -0.496 e. The predicted molar refractivity (Wildman–Crippen MR) is 70.9 cm³/mol. The zero-order valence-corrected chi connectivity index (χ0v) is 11.3. The van der Waals surface area contributed by atoms with Crippen molar-refractivity contribution in [1.82, 2.24) is 10.2 Å². The second-order valence-electron chi connectivity index (χ2n) is 3.73. The van der Waals surface area contributed by atoms with E-state index in [-0.39, 0.29) is 0 Å². The molecule has 2 rings (SSSR count). The maximum atomic E-state index is 5.73. The molecule has 0 fully saturated rings. The van der Waals surface area contributed by atoms with E-state index in [9.17, 15) is 0 Å². The van der Waals surface area contributed by atoms with Gasteiger partial charge < -0.3 is 10.5 Å². The highest BCUT2D eigenvalue weighted by Gasteiger charge is 2.12. The van der Waals surface area contributed by atoms with Crippen LogP contribution in [0.15, 0.2) is 22.7 Å². The molecule has 0 aliphatic heterocycles. The van der Waals surface area contributed by atoms with Crippen LogP contribution in [0.1, 0.15) is 11.3 Å². The van der Waals surface area contributed by atoms with E-state index in [0.717, 1.165) is 32.7 Å². The maximum Gasteiger partial charge on any atom is 0.133 e. The van der Waals surface area contributed by atoms with Gasteiger partial charge in [-0.1, -0.05) is 0 Å². The first-order valence-corrected chi connectivity index (χ1v) is 6.04. The molecule has 0 spiro atoms. The molecule has 3 N–H and O–H groups in total. The maximum absolute atomic E-state index is 5.73. The van der Waals surface area contributed by atoms with E-state index in [0.29, 0.717) is 6.54 Å². The predicted octanol–water partition coefficient (Wildman–Crippen LogP) is 2.61. The molecule has 0 aliphatic rings. The van der Waals surface area contributed by atoms with Crippen LogP contribution in [-0.4, -0.2) is 17.3 Å². The summed E-state index contributed by atoms with van der Waals surface area (Å²) in [4.78, 5) is 0. The Bertz CT molecular complexity index is 537. The molecule has 0 unspecified atom stereocenters. The number of hydrogen-bond acceptors (Lipinski definition) is 3. The van der Waals surface area contributed by atoms with Crippen molar-refractivity contribution in [2.24, 2.45) is 5.73 Å². The molecule has 1 aromatic heterocycles. The highest BCUT2D eigenvalue weighted by Crippen LogP contribution is 2.31. The lowest BCUT2D eigenvalue weighted by atomic mass is 10.1. The number of hydrogen-bond donors (Lipinski definition) is 2. The first kappa shape index (κ1) is 12.1. The second kappa shape index (κ2) is 4.89. The smallest absolute Gasteiger partial charge is 0.133 e. The average Bonchev–Trinajstić information content (AvgIpc) is 2.70. The summed E-state index contributed by atoms with van der Waals surface area (Å²) in [6.45, 7) is 2.44. The third-order valence-corrected chi connectivity index (χ3v) is 3.32. The average molecular weight is 296 g/mol. The number of halogens is 1. The summed E-state index contributed by atoms with van der Waals surface area (Å²) in [6.07, 6.45) is 0. The van der Waals surface area contributed by atoms with E-state index in [1.807, 2.05) is 25.1 Å². The van der Waals surface area contributed by atoms with E-state index >= 15 is 0 Å². The lowest BCUT2D eigenvalue weighted by molar-refractivity contribution is 0.412. The molecule has 90 valence electrons. The molecule has 0 amide bonds. The fraction of sp³-hybridized carbons (Fsp3) is 0.250. The molecule has 0 radical (unpaired) electrons. The number of methoxy groups -OCH3 is 1. The quantitative estimate of drug-likeness (QED) is 0.915. The van der Waals surface area contributed by atoms with Crippen LogP contribution in [0.4, 0.5) is 0 Å². The second-order valence-corrected chi connectivity index (χ2v) is 4.58. The Morgan fingerprint density at radius 1 is 1.47 bits per heavy atom. The monoisotopic (exact) mass is 295 g/mol. The third-order valence-electron chi connectivity index (χ3n) is 2.70. The summed E-state index contributed by atoms with van der Waals surface area (Å²) in [7, 11) is 1.64. The molecule has 1 heterocycles. The van der Waals surface area contributed by atoms with Crippen molar-refractivity contribution in [3.8, 4) is 17.0 Å². The Labute approximate surface area is 108 Å². The van der Waals surface area contributed by atoms with Crippen LogP contribution in [0.25, 0.3) is 11.3 Å². The summed E-state index contributed by atoms with van der Waals surface area (Å²) < 4.78 is 6.10.